The highest BCUT2D eigenvalue weighted by Crippen LogP contribution is 2.37. The molecule has 1 aromatic carbocycles. The molecule has 0 N–H and O–H groups in total. The van der Waals surface area contributed by atoms with Gasteiger partial charge in [-0.1, -0.05) is 65.8 Å². The third kappa shape index (κ3) is 3.34. The lowest BCUT2D eigenvalue weighted by Gasteiger charge is -2.21. The molecule has 0 saturated heterocycles. The Morgan fingerprint density at radius 1 is 1.00 bits per heavy atom. The Labute approximate surface area is 128 Å². The third-order valence-corrected chi connectivity index (χ3v) is 4.13. The summed E-state index contributed by atoms with van der Waals surface area (Å²) in [4.78, 5) is 11.5. The van der Waals surface area contributed by atoms with Gasteiger partial charge in [0.15, 0.2) is 6.29 Å². The first-order valence-electron chi connectivity index (χ1n) is 7.64. The molecule has 0 atom stereocenters. The number of allylic oxidation sites excluding steroid dienone is 4. The Morgan fingerprint density at radius 2 is 1.67 bits per heavy atom. The third-order valence-electron chi connectivity index (χ3n) is 4.13. The van der Waals surface area contributed by atoms with Gasteiger partial charge in [0.25, 0.3) is 0 Å². The van der Waals surface area contributed by atoms with E-state index < -0.39 is 0 Å². The lowest BCUT2D eigenvalue weighted by atomic mass is 9.84. The quantitative estimate of drug-likeness (QED) is 0.649. The van der Waals surface area contributed by atoms with Gasteiger partial charge in [-0.05, 0) is 45.6 Å². The highest BCUT2D eigenvalue weighted by atomic mass is 16.1. The second-order valence-corrected chi connectivity index (χ2v) is 7.95. The van der Waals surface area contributed by atoms with E-state index in [9.17, 15) is 4.79 Å². The number of carbonyl (C=O) groups excluding carboxylic acids is 1. The van der Waals surface area contributed by atoms with Crippen molar-refractivity contribution in [3.8, 4) is 0 Å². The van der Waals surface area contributed by atoms with Gasteiger partial charge in [0.2, 0.25) is 0 Å². The largest absolute Gasteiger partial charge is 0.298 e. The van der Waals surface area contributed by atoms with Crippen LogP contribution < -0.4 is 0 Å². The summed E-state index contributed by atoms with van der Waals surface area (Å²) >= 11 is 0. The van der Waals surface area contributed by atoms with E-state index in [1.54, 1.807) is 0 Å². The maximum Gasteiger partial charge on any atom is 0.150 e. The van der Waals surface area contributed by atoms with Gasteiger partial charge < -0.3 is 0 Å². The summed E-state index contributed by atoms with van der Waals surface area (Å²) in [5.41, 5.74) is 5.92. The van der Waals surface area contributed by atoms with Gasteiger partial charge >= 0.3 is 0 Å². The molecule has 0 spiro atoms. The summed E-state index contributed by atoms with van der Waals surface area (Å²) in [7, 11) is 0. The molecule has 0 amide bonds. The molecule has 1 aromatic rings. The normalized spacial score (nSPS) is 15.7. The maximum absolute atomic E-state index is 11.5. The number of aldehydes is 1. The summed E-state index contributed by atoms with van der Waals surface area (Å²) in [6, 6.07) is 6.30. The molecule has 0 fully saturated rings. The van der Waals surface area contributed by atoms with Gasteiger partial charge in [-0.3, -0.25) is 4.79 Å². The molecule has 0 radical (unpaired) electrons. The van der Waals surface area contributed by atoms with Crippen LogP contribution in [0.25, 0.3) is 5.57 Å². The monoisotopic (exact) mass is 282 g/mol. The topological polar surface area (TPSA) is 17.1 Å². The number of hydrogen-bond acceptors (Lipinski definition) is 1. The smallest absolute Gasteiger partial charge is 0.150 e. The number of carbonyl (C=O) groups is 1. The van der Waals surface area contributed by atoms with Crippen molar-refractivity contribution in [1.82, 2.24) is 0 Å². The fourth-order valence-corrected chi connectivity index (χ4v) is 2.66. The van der Waals surface area contributed by atoms with E-state index in [-0.39, 0.29) is 10.8 Å². The van der Waals surface area contributed by atoms with Crippen molar-refractivity contribution in [3.63, 3.8) is 0 Å². The zero-order chi connectivity index (χ0) is 15.8. The second kappa shape index (κ2) is 5.29. The average molecular weight is 282 g/mol. The summed E-state index contributed by atoms with van der Waals surface area (Å²) in [5.74, 6) is 0. The molecule has 1 nitrogen and oxygen atoms in total. The van der Waals surface area contributed by atoms with Crippen molar-refractivity contribution in [3.05, 3.63) is 52.6 Å². The molecular weight excluding hydrogens is 256 g/mol. The van der Waals surface area contributed by atoms with Gasteiger partial charge in [-0.25, -0.2) is 0 Å². The zero-order valence-corrected chi connectivity index (χ0v) is 14.1. The van der Waals surface area contributed by atoms with Crippen molar-refractivity contribution in [2.45, 2.75) is 53.4 Å². The molecule has 1 aliphatic rings. The molecule has 0 aliphatic heterocycles. The lowest BCUT2D eigenvalue weighted by molar-refractivity contribution is 0.112. The molecule has 21 heavy (non-hydrogen) atoms. The minimum Gasteiger partial charge on any atom is -0.298 e. The Bertz CT molecular complexity index is 616. The fourth-order valence-electron chi connectivity index (χ4n) is 2.66. The summed E-state index contributed by atoms with van der Waals surface area (Å²) in [6.07, 6.45) is 6.43. The molecule has 112 valence electrons. The van der Waals surface area contributed by atoms with E-state index in [0.717, 1.165) is 23.8 Å². The van der Waals surface area contributed by atoms with Crippen LogP contribution in [-0.2, 0) is 5.41 Å². The standard InChI is InChI=1S/C20H26O/c1-19(2,3)16-8-7-14(11-16)18-10-9-17(20(4,5)6)12-15(18)13-21/h8-13H,7H2,1-6H3. The Kier molecular flexibility index (Phi) is 3.97. The first-order valence-corrected chi connectivity index (χ1v) is 7.64. The van der Waals surface area contributed by atoms with E-state index in [4.69, 9.17) is 0 Å². The van der Waals surface area contributed by atoms with Crippen molar-refractivity contribution in [2.24, 2.45) is 5.41 Å². The molecule has 0 aromatic heterocycles. The molecule has 1 aliphatic carbocycles. The van der Waals surface area contributed by atoms with Gasteiger partial charge in [0.1, 0.15) is 0 Å². The number of benzene rings is 1. The fraction of sp³-hybridized carbons (Fsp3) is 0.450. The van der Waals surface area contributed by atoms with Crippen LogP contribution in [0.3, 0.4) is 0 Å². The predicted molar refractivity (Wildman–Crippen MR) is 90.7 cm³/mol. The van der Waals surface area contributed by atoms with Crippen LogP contribution in [0.5, 0.6) is 0 Å². The van der Waals surface area contributed by atoms with E-state index in [1.165, 1.54) is 16.7 Å². The summed E-state index contributed by atoms with van der Waals surface area (Å²) in [5, 5.41) is 0. The van der Waals surface area contributed by atoms with Gasteiger partial charge in [0, 0.05) is 5.56 Å². The Balaban J connectivity index is 2.41. The second-order valence-electron chi connectivity index (χ2n) is 7.95. The Hall–Kier alpha value is -1.63. The summed E-state index contributed by atoms with van der Waals surface area (Å²) in [6.45, 7) is 13.2. The van der Waals surface area contributed by atoms with Crippen molar-refractivity contribution < 1.29 is 4.79 Å². The molecule has 0 unspecified atom stereocenters. The zero-order valence-electron chi connectivity index (χ0n) is 14.1. The van der Waals surface area contributed by atoms with Crippen LogP contribution in [0.15, 0.2) is 35.9 Å². The Morgan fingerprint density at radius 3 is 2.14 bits per heavy atom. The molecular formula is C20H26O. The van der Waals surface area contributed by atoms with Crippen molar-refractivity contribution >= 4 is 11.9 Å². The van der Waals surface area contributed by atoms with Crippen LogP contribution >= 0.6 is 0 Å². The number of hydrogen-bond donors (Lipinski definition) is 0. The summed E-state index contributed by atoms with van der Waals surface area (Å²) < 4.78 is 0. The van der Waals surface area contributed by atoms with E-state index in [1.807, 2.05) is 6.07 Å². The predicted octanol–water partition coefficient (Wildman–Crippen LogP) is 5.56. The molecule has 0 bridgehead atoms. The van der Waals surface area contributed by atoms with Crippen LogP contribution in [0.4, 0.5) is 0 Å². The molecule has 0 heterocycles. The maximum atomic E-state index is 11.5. The molecule has 1 heteroatoms. The van der Waals surface area contributed by atoms with Crippen LogP contribution in [0.2, 0.25) is 0 Å². The molecule has 2 rings (SSSR count). The van der Waals surface area contributed by atoms with Crippen molar-refractivity contribution in [1.29, 1.82) is 0 Å². The van der Waals surface area contributed by atoms with Crippen LogP contribution in [0, 0.1) is 5.41 Å². The van der Waals surface area contributed by atoms with Gasteiger partial charge in [-0.15, -0.1) is 0 Å². The molecule has 0 saturated carbocycles. The minimum atomic E-state index is 0.0646. The average Bonchev–Trinajstić information content (AvgIpc) is 2.86. The van der Waals surface area contributed by atoms with E-state index >= 15 is 0 Å². The number of rotatable bonds is 2. The van der Waals surface area contributed by atoms with Crippen LogP contribution in [0.1, 0.15) is 69.4 Å². The SMILES string of the molecule is CC(C)(C)C1=CCC(c2ccc(C(C)(C)C)cc2C=O)=C1. The van der Waals surface area contributed by atoms with Gasteiger partial charge in [0.05, 0.1) is 0 Å². The highest BCUT2D eigenvalue weighted by molar-refractivity contribution is 5.88. The van der Waals surface area contributed by atoms with E-state index in [2.05, 4.69) is 65.8 Å². The lowest BCUT2D eigenvalue weighted by Crippen LogP contribution is -2.12. The van der Waals surface area contributed by atoms with Crippen molar-refractivity contribution in [2.75, 3.05) is 0 Å². The van der Waals surface area contributed by atoms with Crippen LogP contribution in [-0.4, -0.2) is 6.29 Å². The first-order chi connectivity index (χ1) is 9.63. The van der Waals surface area contributed by atoms with Gasteiger partial charge in [-0.2, -0.15) is 0 Å². The van der Waals surface area contributed by atoms with E-state index in [0.29, 0.717) is 0 Å². The first kappa shape index (κ1) is 15.8. The highest BCUT2D eigenvalue weighted by Gasteiger charge is 2.22. The minimum absolute atomic E-state index is 0.0646.